The first-order valence-corrected chi connectivity index (χ1v) is 9.40. The van der Waals surface area contributed by atoms with Gasteiger partial charge in [0.25, 0.3) is 11.8 Å². The van der Waals surface area contributed by atoms with Gasteiger partial charge in [0.2, 0.25) is 0 Å². The third-order valence-electron chi connectivity index (χ3n) is 5.65. The van der Waals surface area contributed by atoms with E-state index in [4.69, 9.17) is 4.74 Å². The average molecular weight is 366 g/mol. The predicted octanol–water partition coefficient (Wildman–Crippen LogP) is 3.75. The van der Waals surface area contributed by atoms with E-state index in [-0.39, 0.29) is 28.9 Å². The van der Waals surface area contributed by atoms with Crippen LogP contribution in [0.4, 0.5) is 0 Å². The molecule has 2 aromatic rings. The van der Waals surface area contributed by atoms with Gasteiger partial charge in [-0.05, 0) is 58.7 Å². The number of hydrogen-bond acceptors (Lipinski definition) is 4. The highest BCUT2D eigenvalue weighted by atomic mass is 16.5. The number of piperidine rings is 1. The first-order valence-electron chi connectivity index (χ1n) is 9.40. The highest BCUT2D eigenvalue weighted by Gasteiger charge is 2.45. The van der Waals surface area contributed by atoms with Gasteiger partial charge in [-0.3, -0.25) is 14.5 Å². The van der Waals surface area contributed by atoms with Crippen LogP contribution in [0, 0.1) is 0 Å². The van der Waals surface area contributed by atoms with Crippen LogP contribution in [-0.4, -0.2) is 40.9 Å². The van der Waals surface area contributed by atoms with Gasteiger partial charge < -0.3 is 10.1 Å². The van der Waals surface area contributed by atoms with Crippen LogP contribution in [0.25, 0.3) is 10.8 Å². The van der Waals surface area contributed by atoms with E-state index < -0.39 is 0 Å². The fraction of sp³-hybridized carbons (Fsp3) is 0.455. The van der Waals surface area contributed by atoms with Gasteiger partial charge in [-0.25, -0.2) is 0 Å². The zero-order valence-corrected chi connectivity index (χ0v) is 16.6. The topological polar surface area (TPSA) is 58.6 Å². The van der Waals surface area contributed by atoms with Crippen LogP contribution < -0.4 is 10.1 Å². The van der Waals surface area contributed by atoms with Gasteiger partial charge in [0.1, 0.15) is 5.75 Å². The molecule has 1 N–H and O–H groups in total. The van der Waals surface area contributed by atoms with Crippen molar-refractivity contribution in [2.45, 2.75) is 57.7 Å². The first-order chi connectivity index (χ1) is 12.6. The number of benzene rings is 2. The van der Waals surface area contributed by atoms with Crippen LogP contribution in [0.15, 0.2) is 30.3 Å². The van der Waals surface area contributed by atoms with E-state index in [1.165, 1.54) is 4.90 Å². The van der Waals surface area contributed by atoms with Crippen molar-refractivity contribution in [2.75, 3.05) is 7.11 Å². The quantitative estimate of drug-likeness (QED) is 0.823. The second-order valence-corrected chi connectivity index (χ2v) is 8.98. The summed E-state index contributed by atoms with van der Waals surface area (Å²) in [6.45, 7) is 8.50. The Morgan fingerprint density at radius 2 is 1.56 bits per heavy atom. The second kappa shape index (κ2) is 5.80. The predicted molar refractivity (Wildman–Crippen MR) is 105 cm³/mol. The maximum Gasteiger partial charge on any atom is 0.261 e. The SMILES string of the molecule is COc1ccc2c3c(cccc13)C(=O)N(C1CC(C)(C)NC(C)(C)C1)C2=O. The molecule has 2 heterocycles. The van der Waals surface area contributed by atoms with E-state index in [0.717, 1.165) is 18.2 Å². The van der Waals surface area contributed by atoms with Crippen molar-refractivity contribution < 1.29 is 14.3 Å². The molecule has 0 spiro atoms. The van der Waals surface area contributed by atoms with Crippen LogP contribution in [-0.2, 0) is 0 Å². The second-order valence-electron chi connectivity index (χ2n) is 8.98. The average Bonchev–Trinajstić information content (AvgIpc) is 2.56. The molecule has 5 heteroatoms. The molecule has 0 radical (unpaired) electrons. The molecule has 0 atom stereocenters. The number of ether oxygens (including phenoxy) is 1. The highest BCUT2D eigenvalue weighted by Crippen LogP contribution is 2.39. The Bertz CT molecular complexity index is 923. The number of methoxy groups -OCH3 is 1. The fourth-order valence-electron chi connectivity index (χ4n) is 5.05. The lowest BCUT2D eigenvalue weighted by Gasteiger charge is -2.49. The Balaban J connectivity index is 1.85. The van der Waals surface area contributed by atoms with Crippen LogP contribution in [0.3, 0.4) is 0 Å². The summed E-state index contributed by atoms with van der Waals surface area (Å²) in [4.78, 5) is 28.3. The van der Waals surface area contributed by atoms with Crippen molar-refractivity contribution >= 4 is 22.6 Å². The summed E-state index contributed by atoms with van der Waals surface area (Å²) < 4.78 is 5.43. The van der Waals surface area contributed by atoms with Crippen LogP contribution in [0.2, 0.25) is 0 Å². The molecule has 2 amide bonds. The van der Waals surface area contributed by atoms with Gasteiger partial charge in [0, 0.05) is 39.0 Å². The molecule has 1 saturated heterocycles. The molecule has 2 aliphatic heterocycles. The van der Waals surface area contributed by atoms with E-state index in [1.54, 1.807) is 13.2 Å². The maximum absolute atomic E-state index is 13.4. The van der Waals surface area contributed by atoms with Crippen molar-refractivity contribution in [3.63, 3.8) is 0 Å². The molecule has 2 aromatic carbocycles. The molecule has 27 heavy (non-hydrogen) atoms. The lowest BCUT2D eigenvalue weighted by atomic mass is 9.78. The minimum absolute atomic E-state index is 0.137. The molecule has 1 fully saturated rings. The van der Waals surface area contributed by atoms with Crippen LogP contribution >= 0.6 is 0 Å². The van der Waals surface area contributed by atoms with E-state index >= 15 is 0 Å². The lowest BCUT2D eigenvalue weighted by Crippen LogP contribution is -2.63. The summed E-state index contributed by atoms with van der Waals surface area (Å²) in [7, 11) is 1.60. The molecule has 142 valence electrons. The molecule has 4 rings (SSSR count). The number of rotatable bonds is 2. The van der Waals surface area contributed by atoms with Gasteiger partial charge in [-0.15, -0.1) is 0 Å². The number of nitrogens with one attached hydrogen (secondary N) is 1. The number of hydrogen-bond donors (Lipinski definition) is 1. The van der Waals surface area contributed by atoms with Crippen molar-refractivity contribution in [1.82, 2.24) is 10.2 Å². The molecule has 0 aromatic heterocycles. The Kier molecular flexibility index (Phi) is 3.86. The maximum atomic E-state index is 13.4. The molecule has 0 saturated carbocycles. The summed E-state index contributed by atoms with van der Waals surface area (Å²) in [5, 5.41) is 5.13. The number of carbonyl (C=O) groups is 2. The third kappa shape index (κ3) is 2.81. The van der Waals surface area contributed by atoms with Crippen molar-refractivity contribution in [3.05, 3.63) is 41.5 Å². The van der Waals surface area contributed by atoms with E-state index in [2.05, 4.69) is 33.0 Å². The molecule has 0 aliphatic carbocycles. The van der Waals surface area contributed by atoms with Crippen LogP contribution in [0.1, 0.15) is 61.3 Å². The van der Waals surface area contributed by atoms with Crippen molar-refractivity contribution in [1.29, 1.82) is 0 Å². The molecular weight excluding hydrogens is 340 g/mol. The summed E-state index contributed by atoms with van der Waals surface area (Å²) in [6.07, 6.45) is 1.46. The van der Waals surface area contributed by atoms with Gasteiger partial charge in [0.05, 0.1) is 7.11 Å². The molecule has 0 unspecified atom stereocenters. The first kappa shape index (κ1) is 18.0. The summed E-state index contributed by atoms with van der Waals surface area (Å²) in [6, 6.07) is 9.01. The van der Waals surface area contributed by atoms with E-state index in [1.807, 2.05) is 24.3 Å². The van der Waals surface area contributed by atoms with Crippen LogP contribution in [0.5, 0.6) is 5.75 Å². The Morgan fingerprint density at radius 1 is 0.963 bits per heavy atom. The zero-order valence-electron chi connectivity index (χ0n) is 16.6. The number of amides is 2. The molecule has 2 aliphatic rings. The number of carbonyl (C=O) groups excluding carboxylic acids is 2. The summed E-state index contributed by atoms with van der Waals surface area (Å²) in [5.74, 6) is 0.267. The number of nitrogens with zero attached hydrogens (tertiary/aromatic N) is 1. The van der Waals surface area contributed by atoms with Gasteiger partial charge >= 0.3 is 0 Å². The summed E-state index contributed by atoms with van der Waals surface area (Å²) in [5.41, 5.74) is 0.850. The Labute approximate surface area is 159 Å². The van der Waals surface area contributed by atoms with E-state index in [0.29, 0.717) is 22.3 Å². The smallest absolute Gasteiger partial charge is 0.261 e. The highest BCUT2D eigenvalue weighted by molar-refractivity contribution is 6.26. The molecular formula is C22H26N2O3. The Hall–Kier alpha value is -2.40. The van der Waals surface area contributed by atoms with Crippen molar-refractivity contribution in [3.8, 4) is 5.75 Å². The fourth-order valence-corrected chi connectivity index (χ4v) is 5.05. The largest absolute Gasteiger partial charge is 0.496 e. The molecule has 5 nitrogen and oxygen atoms in total. The monoisotopic (exact) mass is 366 g/mol. The third-order valence-corrected chi connectivity index (χ3v) is 5.65. The normalized spacial score (nSPS) is 21.6. The van der Waals surface area contributed by atoms with Gasteiger partial charge in [0.15, 0.2) is 0 Å². The minimum Gasteiger partial charge on any atom is -0.496 e. The Morgan fingerprint density at radius 3 is 2.15 bits per heavy atom. The van der Waals surface area contributed by atoms with E-state index in [9.17, 15) is 9.59 Å². The lowest BCUT2D eigenvalue weighted by molar-refractivity contribution is 0.0370. The minimum atomic E-state index is -0.204. The standard InChI is InChI=1S/C22H26N2O3/c1-21(2)11-13(12-22(3,4)23-21)24-19(25)15-8-6-7-14-17(27-5)10-9-16(18(14)15)20(24)26/h6-10,13,23H,11-12H2,1-5H3. The molecule has 0 bridgehead atoms. The van der Waals surface area contributed by atoms with Crippen molar-refractivity contribution in [2.24, 2.45) is 0 Å². The number of imide groups is 1. The van der Waals surface area contributed by atoms with Gasteiger partial charge in [-0.2, -0.15) is 0 Å². The zero-order chi connectivity index (χ0) is 19.6. The summed E-state index contributed by atoms with van der Waals surface area (Å²) >= 11 is 0. The van der Waals surface area contributed by atoms with Gasteiger partial charge in [-0.1, -0.05) is 12.1 Å².